The largest absolute Gasteiger partial charge is 0.344 e. The fourth-order valence-corrected chi connectivity index (χ4v) is 1.64. The highest BCUT2D eigenvalue weighted by Crippen LogP contribution is 2.17. The molecule has 4 nitrogen and oxygen atoms in total. The molecule has 0 aromatic carbocycles. The van der Waals surface area contributed by atoms with Gasteiger partial charge in [-0.1, -0.05) is 0 Å². The third-order valence-corrected chi connectivity index (χ3v) is 2.37. The summed E-state index contributed by atoms with van der Waals surface area (Å²) in [6.45, 7) is 1.91. The lowest BCUT2D eigenvalue weighted by molar-refractivity contribution is -0.119. The minimum Gasteiger partial charge on any atom is -0.344 e. The van der Waals surface area contributed by atoms with Crippen LogP contribution >= 0.6 is 0 Å². The number of nitrogens with zero attached hydrogens (tertiary/aromatic N) is 1. The van der Waals surface area contributed by atoms with E-state index in [0.717, 1.165) is 11.3 Å². The predicted octanol–water partition coefficient (Wildman–Crippen LogP) is 0.146. The first-order valence-corrected chi connectivity index (χ1v) is 4.09. The number of rotatable bonds is 0. The quantitative estimate of drug-likeness (QED) is 0.575. The van der Waals surface area contributed by atoms with E-state index in [4.69, 9.17) is 0 Å². The highest BCUT2D eigenvalue weighted by atomic mass is 16.2. The molecule has 0 spiro atoms. The Morgan fingerprint density at radius 1 is 1.46 bits per heavy atom. The summed E-state index contributed by atoms with van der Waals surface area (Å²) in [5, 5.41) is 2.29. The SMILES string of the molecule is Cc1cc2c(n1C)C(=O)NC(=O)C2. The van der Waals surface area contributed by atoms with Crippen molar-refractivity contribution >= 4 is 11.8 Å². The van der Waals surface area contributed by atoms with Gasteiger partial charge in [-0.25, -0.2) is 0 Å². The Morgan fingerprint density at radius 2 is 2.15 bits per heavy atom. The van der Waals surface area contributed by atoms with Crippen molar-refractivity contribution < 1.29 is 9.59 Å². The minimum absolute atomic E-state index is 0.219. The van der Waals surface area contributed by atoms with Crippen molar-refractivity contribution in [1.82, 2.24) is 9.88 Å². The first kappa shape index (κ1) is 8.04. The molecule has 2 heterocycles. The average molecular weight is 178 g/mol. The van der Waals surface area contributed by atoms with E-state index in [9.17, 15) is 9.59 Å². The summed E-state index contributed by atoms with van der Waals surface area (Å²) < 4.78 is 1.80. The molecule has 0 saturated heterocycles. The molecule has 2 rings (SSSR count). The van der Waals surface area contributed by atoms with Crippen LogP contribution in [0.1, 0.15) is 21.7 Å². The number of fused-ring (bicyclic) bond motifs is 1. The lowest BCUT2D eigenvalue weighted by Crippen LogP contribution is -2.37. The molecule has 0 unspecified atom stereocenters. The van der Waals surface area contributed by atoms with E-state index in [1.807, 2.05) is 20.0 Å². The molecule has 0 fully saturated rings. The Hall–Kier alpha value is -1.58. The van der Waals surface area contributed by atoms with Crippen molar-refractivity contribution in [3.05, 3.63) is 23.0 Å². The van der Waals surface area contributed by atoms with Gasteiger partial charge in [-0.2, -0.15) is 0 Å². The zero-order valence-electron chi connectivity index (χ0n) is 7.55. The molecular formula is C9H10N2O2. The molecule has 0 atom stereocenters. The zero-order chi connectivity index (χ0) is 9.59. The molecule has 1 aliphatic rings. The molecule has 0 radical (unpaired) electrons. The van der Waals surface area contributed by atoms with Gasteiger partial charge in [0.25, 0.3) is 5.91 Å². The molecule has 1 aromatic heterocycles. The molecule has 0 aliphatic carbocycles. The number of carbonyl (C=O) groups is 2. The Morgan fingerprint density at radius 3 is 2.85 bits per heavy atom. The van der Waals surface area contributed by atoms with E-state index >= 15 is 0 Å². The van der Waals surface area contributed by atoms with Gasteiger partial charge < -0.3 is 4.57 Å². The number of carbonyl (C=O) groups excluding carboxylic acids is 2. The standard InChI is InChI=1S/C9H10N2O2/c1-5-3-6-4-7(12)10-9(13)8(6)11(5)2/h3H,4H2,1-2H3,(H,10,12,13). The predicted molar refractivity (Wildman–Crippen MR) is 46.3 cm³/mol. The van der Waals surface area contributed by atoms with E-state index in [-0.39, 0.29) is 11.8 Å². The zero-order valence-corrected chi connectivity index (χ0v) is 7.55. The monoisotopic (exact) mass is 178 g/mol. The number of aromatic nitrogens is 1. The Labute approximate surface area is 75.5 Å². The smallest absolute Gasteiger partial charge is 0.274 e. The maximum atomic E-state index is 11.4. The van der Waals surface area contributed by atoms with Crippen LogP contribution in [0.4, 0.5) is 0 Å². The van der Waals surface area contributed by atoms with Gasteiger partial charge in [-0.15, -0.1) is 0 Å². The van der Waals surface area contributed by atoms with Gasteiger partial charge >= 0.3 is 0 Å². The third kappa shape index (κ3) is 1.06. The summed E-state index contributed by atoms with van der Waals surface area (Å²) in [5.74, 6) is -0.509. The number of aryl methyl sites for hydroxylation is 1. The molecule has 1 aromatic rings. The fourth-order valence-electron chi connectivity index (χ4n) is 1.64. The summed E-state index contributed by atoms with van der Waals surface area (Å²) in [5.41, 5.74) is 2.43. The summed E-state index contributed by atoms with van der Waals surface area (Å²) in [6.07, 6.45) is 0.308. The lowest BCUT2D eigenvalue weighted by Gasteiger charge is -2.12. The summed E-state index contributed by atoms with van der Waals surface area (Å²) in [4.78, 5) is 22.4. The van der Waals surface area contributed by atoms with Crippen molar-refractivity contribution in [2.24, 2.45) is 7.05 Å². The van der Waals surface area contributed by atoms with Crippen LogP contribution in [0, 0.1) is 6.92 Å². The van der Waals surface area contributed by atoms with Crippen molar-refractivity contribution in [2.75, 3.05) is 0 Å². The van der Waals surface area contributed by atoms with E-state index in [2.05, 4.69) is 5.32 Å². The first-order valence-electron chi connectivity index (χ1n) is 4.09. The molecular weight excluding hydrogens is 168 g/mol. The van der Waals surface area contributed by atoms with Crippen LogP contribution in [-0.2, 0) is 18.3 Å². The van der Waals surface area contributed by atoms with Crippen molar-refractivity contribution in [2.45, 2.75) is 13.3 Å². The van der Waals surface area contributed by atoms with Crippen molar-refractivity contribution in [3.8, 4) is 0 Å². The van der Waals surface area contributed by atoms with Gasteiger partial charge in [0, 0.05) is 12.7 Å². The topological polar surface area (TPSA) is 51.1 Å². The van der Waals surface area contributed by atoms with E-state index in [1.54, 1.807) is 4.57 Å². The van der Waals surface area contributed by atoms with Gasteiger partial charge in [0.1, 0.15) is 5.69 Å². The number of nitrogens with one attached hydrogen (secondary N) is 1. The van der Waals surface area contributed by atoms with Crippen LogP contribution in [0.2, 0.25) is 0 Å². The lowest BCUT2D eigenvalue weighted by atomic mass is 10.1. The number of imide groups is 1. The first-order chi connectivity index (χ1) is 6.09. The molecule has 0 saturated carbocycles. The molecule has 13 heavy (non-hydrogen) atoms. The van der Waals surface area contributed by atoms with Crippen LogP contribution in [0.3, 0.4) is 0 Å². The summed E-state index contributed by atoms with van der Waals surface area (Å²) in [6, 6.07) is 1.88. The Balaban J connectivity index is 2.62. The van der Waals surface area contributed by atoms with Crippen LogP contribution in [0.15, 0.2) is 6.07 Å². The molecule has 68 valence electrons. The van der Waals surface area contributed by atoms with Gasteiger partial charge in [-0.05, 0) is 18.6 Å². The number of hydrogen-bond donors (Lipinski definition) is 1. The fraction of sp³-hybridized carbons (Fsp3) is 0.333. The second-order valence-electron chi connectivity index (χ2n) is 3.27. The highest BCUT2D eigenvalue weighted by molar-refractivity contribution is 6.09. The maximum absolute atomic E-state index is 11.4. The van der Waals surface area contributed by atoms with Crippen molar-refractivity contribution in [3.63, 3.8) is 0 Å². The second kappa shape index (κ2) is 2.45. The van der Waals surface area contributed by atoms with Gasteiger partial charge in [-0.3, -0.25) is 14.9 Å². The second-order valence-corrected chi connectivity index (χ2v) is 3.27. The molecule has 2 amide bonds. The Bertz CT molecular complexity index is 404. The highest BCUT2D eigenvalue weighted by Gasteiger charge is 2.25. The molecule has 4 heteroatoms. The van der Waals surface area contributed by atoms with Crippen LogP contribution in [0.5, 0.6) is 0 Å². The Kier molecular flexibility index (Phi) is 1.52. The van der Waals surface area contributed by atoms with E-state index in [1.165, 1.54) is 0 Å². The van der Waals surface area contributed by atoms with Gasteiger partial charge in [0.05, 0.1) is 6.42 Å². The molecule has 1 aliphatic heterocycles. The number of hydrogen-bond acceptors (Lipinski definition) is 2. The van der Waals surface area contributed by atoms with E-state index < -0.39 is 0 Å². The minimum atomic E-state index is -0.290. The van der Waals surface area contributed by atoms with Crippen LogP contribution < -0.4 is 5.32 Å². The van der Waals surface area contributed by atoms with Crippen molar-refractivity contribution in [1.29, 1.82) is 0 Å². The average Bonchev–Trinajstić information content (AvgIpc) is 2.27. The van der Waals surface area contributed by atoms with Crippen LogP contribution in [-0.4, -0.2) is 16.4 Å². The number of amides is 2. The van der Waals surface area contributed by atoms with Gasteiger partial charge in [0.2, 0.25) is 5.91 Å². The maximum Gasteiger partial charge on any atom is 0.274 e. The third-order valence-electron chi connectivity index (χ3n) is 2.37. The summed E-state index contributed by atoms with van der Waals surface area (Å²) >= 11 is 0. The molecule has 0 bridgehead atoms. The molecule has 1 N–H and O–H groups in total. The normalized spacial score (nSPS) is 15.5. The van der Waals surface area contributed by atoms with Crippen LogP contribution in [0.25, 0.3) is 0 Å². The summed E-state index contributed by atoms with van der Waals surface area (Å²) in [7, 11) is 1.82. The van der Waals surface area contributed by atoms with Gasteiger partial charge in [0.15, 0.2) is 0 Å². The van der Waals surface area contributed by atoms with E-state index in [0.29, 0.717) is 12.1 Å².